The molecule has 1 aliphatic rings. The third-order valence-corrected chi connectivity index (χ3v) is 10.3. The van der Waals surface area contributed by atoms with E-state index in [0.29, 0.717) is 39.9 Å². The van der Waals surface area contributed by atoms with E-state index in [9.17, 15) is 26.4 Å². The Hall–Kier alpha value is -1.79. The molecule has 0 bridgehead atoms. The molecule has 12 heteroatoms. The quantitative estimate of drug-likeness (QED) is 0.352. The molecule has 0 radical (unpaired) electrons. The van der Waals surface area contributed by atoms with E-state index in [1.807, 2.05) is 6.92 Å². The van der Waals surface area contributed by atoms with Gasteiger partial charge in [-0.1, -0.05) is 23.7 Å². The lowest BCUT2D eigenvalue weighted by molar-refractivity contribution is -0.137. The van der Waals surface area contributed by atoms with E-state index < -0.39 is 27.8 Å². The molecule has 3 heterocycles. The predicted molar refractivity (Wildman–Crippen MR) is 127 cm³/mol. The number of halogens is 4. The maximum absolute atomic E-state index is 13.0. The average Bonchev–Trinajstić information content (AvgIpc) is 3.52. The molecule has 34 heavy (non-hydrogen) atoms. The highest BCUT2D eigenvalue weighted by molar-refractivity contribution is 7.91. The van der Waals surface area contributed by atoms with Gasteiger partial charge in [-0.25, -0.2) is 13.4 Å². The van der Waals surface area contributed by atoms with Gasteiger partial charge >= 0.3 is 6.18 Å². The molecule has 0 aliphatic carbocycles. The molecule has 3 aromatic rings. The summed E-state index contributed by atoms with van der Waals surface area (Å²) in [6.07, 6.45) is -2.89. The largest absolute Gasteiger partial charge is 0.416 e. The van der Waals surface area contributed by atoms with E-state index in [2.05, 4.69) is 4.98 Å². The lowest BCUT2D eigenvalue weighted by Crippen LogP contribution is -2.40. The van der Waals surface area contributed by atoms with Crippen LogP contribution in [0.2, 0.25) is 4.34 Å². The van der Waals surface area contributed by atoms with Crippen LogP contribution in [0, 0.1) is 6.92 Å². The van der Waals surface area contributed by atoms with E-state index in [4.69, 9.17) is 11.6 Å². The summed E-state index contributed by atoms with van der Waals surface area (Å²) in [6.45, 7) is 2.12. The number of carbonyl (C=O) groups excluding carboxylic acids is 1. The first kappa shape index (κ1) is 25.3. The molecule has 1 saturated heterocycles. The van der Waals surface area contributed by atoms with Gasteiger partial charge in [0.2, 0.25) is 0 Å². The summed E-state index contributed by atoms with van der Waals surface area (Å²) in [5.74, 6) is -0.174. The molecule has 1 aromatic carbocycles. The standard InChI is InChI=1S/C22H20ClF3N2O3S3/c1-13-16(27-21(32-13)14-4-6-15(7-5-14)22(24,25)26)8-9-18(29)17-3-2-12-28(17)34(30,31)20-11-10-19(23)33-20/h4-7,10-11,17H,2-3,8-9,12H2,1H3/t17-/m0/s1. The number of carbonyl (C=O) groups is 1. The highest BCUT2D eigenvalue weighted by atomic mass is 35.5. The summed E-state index contributed by atoms with van der Waals surface area (Å²) < 4.78 is 66.1. The van der Waals surface area contributed by atoms with Crippen LogP contribution in [-0.4, -0.2) is 36.1 Å². The fourth-order valence-electron chi connectivity index (χ4n) is 3.89. The Bertz CT molecular complexity index is 1300. The maximum atomic E-state index is 13.0. The van der Waals surface area contributed by atoms with Crippen molar-refractivity contribution in [1.29, 1.82) is 0 Å². The van der Waals surface area contributed by atoms with Crippen LogP contribution in [0.4, 0.5) is 13.2 Å². The van der Waals surface area contributed by atoms with Crippen molar-refractivity contribution in [3.63, 3.8) is 0 Å². The van der Waals surface area contributed by atoms with Crippen LogP contribution in [0.3, 0.4) is 0 Å². The Balaban J connectivity index is 1.44. The molecule has 0 saturated carbocycles. The van der Waals surface area contributed by atoms with Gasteiger partial charge in [0.15, 0.2) is 5.78 Å². The predicted octanol–water partition coefficient (Wildman–Crippen LogP) is 6.21. The lowest BCUT2D eigenvalue weighted by Gasteiger charge is -2.22. The molecule has 0 spiro atoms. The molecule has 5 nitrogen and oxygen atoms in total. The fraction of sp³-hybridized carbons (Fsp3) is 0.364. The summed E-state index contributed by atoms with van der Waals surface area (Å²) in [6, 6.07) is 7.05. The number of ketones is 1. The van der Waals surface area contributed by atoms with Gasteiger partial charge in [0.05, 0.1) is 21.6 Å². The number of nitrogens with zero attached hydrogens (tertiary/aromatic N) is 2. The van der Waals surface area contributed by atoms with Crippen LogP contribution in [-0.2, 0) is 27.4 Å². The van der Waals surface area contributed by atoms with Crippen LogP contribution in [0.1, 0.15) is 35.4 Å². The van der Waals surface area contributed by atoms with Crippen LogP contribution in [0.25, 0.3) is 10.6 Å². The zero-order valence-electron chi connectivity index (χ0n) is 17.9. The zero-order valence-corrected chi connectivity index (χ0v) is 21.1. The molecule has 2 aromatic heterocycles. The first-order valence-electron chi connectivity index (χ1n) is 10.4. The SMILES string of the molecule is Cc1sc(-c2ccc(C(F)(F)F)cc2)nc1CCC(=O)[C@@H]1CCCN1S(=O)(=O)c1ccc(Cl)s1. The van der Waals surface area contributed by atoms with Crippen LogP contribution < -0.4 is 0 Å². The second-order valence-electron chi connectivity index (χ2n) is 7.90. The van der Waals surface area contributed by atoms with Crippen molar-refractivity contribution >= 4 is 50.1 Å². The van der Waals surface area contributed by atoms with E-state index in [1.54, 1.807) is 0 Å². The third kappa shape index (κ3) is 5.23. The van der Waals surface area contributed by atoms with E-state index in [-0.39, 0.29) is 23.0 Å². The highest BCUT2D eigenvalue weighted by Crippen LogP contribution is 2.35. The summed E-state index contributed by atoms with van der Waals surface area (Å²) in [5, 5.41) is 0.577. The molecule has 4 rings (SSSR count). The van der Waals surface area contributed by atoms with Crippen molar-refractivity contribution in [3.8, 4) is 10.6 Å². The minimum absolute atomic E-state index is 0.119. The van der Waals surface area contributed by atoms with Crippen molar-refractivity contribution in [3.05, 3.63) is 56.9 Å². The van der Waals surface area contributed by atoms with Gasteiger partial charge in [-0.3, -0.25) is 4.79 Å². The summed E-state index contributed by atoms with van der Waals surface area (Å²) in [4.78, 5) is 18.4. The van der Waals surface area contributed by atoms with E-state index >= 15 is 0 Å². The molecular formula is C22H20ClF3N2O3S3. The number of hydrogen-bond acceptors (Lipinski definition) is 6. The Morgan fingerprint density at radius 2 is 1.88 bits per heavy atom. The molecule has 0 N–H and O–H groups in total. The molecule has 0 amide bonds. The molecule has 1 atom stereocenters. The Labute approximate surface area is 208 Å². The molecule has 1 fully saturated rings. The number of thiazole rings is 1. The fourth-order valence-corrected chi connectivity index (χ4v) is 8.15. The first-order valence-corrected chi connectivity index (χ1v) is 13.9. The van der Waals surface area contributed by atoms with Gasteiger partial charge in [0, 0.05) is 23.4 Å². The second-order valence-corrected chi connectivity index (χ2v) is 12.9. The number of Topliss-reactive ketones (excluding diaryl/α,β-unsaturated/α-hetero) is 1. The van der Waals surface area contributed by atoms with Gasteiger partial charge in [0.1, 0.15) is 9.22 Å². The van der Waals surface area contributed by atoms with Gasteiger partial charge in [-0.15, -0.1) is 22.7 Å². The Morgan fingerprint density at radius 1 is 1.18 bits per heavy atom. The van der Waals surface area contributed by atoms with Crippen LogP contribution in [0.15, 0.2) is 40.6 Å². The molecule has 182 valence electrons. The number of alkyl halides is 3. The van der Waals surface area contributed by atoms with Gasteiger partial charge in [-0.05, 0) is 50.5 Å². The Kier molecular flexibility index (Phi) is 7.21. The minimum atomic E-state index is -4.40. The monoisotopic (exact) mass is 548 g/mol. The minimum Gasteiger partial charge on any atom is -0.298 e. The van der Waals surface area contributed by atoms with Crippen LogP contribution in [0.5, 0.6) is 0 Å². The van der Waals surface area contributed by atoms with Crippen molar-refractivity contribution in [2.75, 3.05) is 6.54 Å². The number of aryl methyl sites for hydroxylation is 2. The number of sulfonamides is 1. The smallest absolute Gasteiger partial charge is 0.298 e. The van der Waals surface area contributed by atoms with E-state index in [1.165, 1.54) is 39.9 Å². The highest BCUT2D eigenvalue weighted by Gasteiger charge is 2.39. The van der Waals surface area contributed by atoms with E-state index in [0.717, 1.165) is 28.3 Å². The number of aromatic nitrogens is 1. The molecular weight excluding hydrogens is 529 g/mol. The van der Waals surface area contributed by atoms with Crippen LogP contribution >= 0.6 is 34.3 Å². The molecule has 0 unspecified atom stereocenters. The zero-order chi connectivity index (χ0) is 24.7. The normalized spacial score (nSPS) is 17.4. The van der Waals surface area contributed by atoms with Crippen molar-refractivity contribution < 1.29 is 26.4 Å². The number of hydrogen-bond donors (Lipinski definition) is 0. The third-order valence-electron chi connectivity index (χ3n) is 5.65. The van der Waals surface area contributed by atoms with Gasteiger partial charge in [0.25, 0.3) is 10.0 Å². The second kappa shape index (κ2) is 9.69. The van der Waals surface area contributed by atoms with Gasteiger partial charge in [-0.2, -0.15) is 17.5 Å². The average molecular weight is 549 g/mol. The maximum Gasteiger partial charge on any atom is 0.416 e. The number of rotatable bonds is 7. The summed E-state index contributed by atoms with van der Waals surface area (Å²) in [7, 11) is -3.80. The number of thiophene rings is 1. The van der Waals surface area contributed by atoms with Crippen molar-refractivity contribution in [2.24, 2.45) is 0 Å². The van der Waals surface area contributed by atoms with Crippen molar-refractivity contribution in [2.45, 2.75) is 49.0 Å². The summed E-state index contributed by atoms with van der Waals surface area (Å²) >= 11 is 8.20. The summed E-state index contributed by atoms with van der Waals surface area (Å²) in [5.41, 5.74) is 0.531. The first-order chi connectivity index (χ1) is 16.0. The van der Waals surface area contributed by atoms with Gasteiger partial charge < -0.3 is 0 Å². The Morgan fingerprint density at radius 3 is 2.50 bits per heavy atom. The topological polar surface area (TPSA) is 67.3 Å². The van der Waals surface area contributed by atoms with Crippen molar-refractivity contribution in [1.82, 2.24) is 9.29 Å². The molecule has 1 aliphatic heterocycles. The lowest BCUT2D eigenvalue weighted by atomic mass is 10.0. The number of benzene rings is 1.